The zero-order valence-electron chi connectivity index (χ0n) is 11.6. The van der Waals surface area contributed by atoms with Gasteiger partial charge in [-0.25, -0.2) is 0 Å². The Hall–Kier alpha value is -1.52. The van der Waals surface area contributed by atoms with Gasteiger partial charge in [0.05, 0.1) is 12.4 Å². The van der Waals surface area contributed by atoms with Gasteiger partial charge in [-0.3, -0.25) is 9.48 Å². The first-order chi connectivity index (χ1) is 8.56. The minimum atomic E-state index is -0.0824. The fourth-order valence-electron chi connectivity index (χ4n) is 1.59. The minimum Gasteiger partial charge on any atom is -0.480 e. The molecular formula is C13H23N3O2. The number of carbonyl (C=O) groups is 1. The Balaban J connectivity index is 2.37. The molecule has 18 heavy (non-hydrogen) atoms. The molecule has 0 aromatic carbocycles. The van der Waals surface area contributed by atoms with Crippen LogP contribution in [0.1, 0.15) is 46.6 Å². The SMILES string of the molecule is CCC(CC)NC(=O)COc1cnn(C(C)C)c1. The van der Waals surface area contributed by atoms with Crippen LogP contribution in [-0.4, -0.2) is 28.3 Å². The van der Waals surface area contributed by atoms with Gasteiger partial charge in [-0.15, -0.1) is 0 Å². The molecule has 102 valence electrons. The lowest BCUT2D eigenvalue weighted by atomic mass is 10.2. The molecule has 0 aliphatic rings. The highest BCUT2D eigenvalue weighted by molar-refractivity contribution is 5.77. The van der Waals surface area contributed by atoms with E-state index in [4.69, 9.17) is 4.74 Å². The fourth-order valence-corrected chi connectivity index (χ4v) is 1.59. The Labute approximate surface area is 109 Å². The first kappa shape index (κ1) is 14.5. The molecule has 0 bridgehead atoms. The molecule has 0 unspecified atom stereocenters. The van der Waals surface area contributed by atoms with E-state index < -0.39 is 0 Å². The summed E-state index contributed by atoms with van der Waals surface area (Å²) in [4.78, 5) is 11.6. The van der Waals surface area contributed by atoms with E-state index in [1.165, 1.54) is 0 Å². The van der Waals surface area contributed by atoms with E-state index in [0.29, 0.717) is 11.8 Å². The van der Waals surface area contributed by atoms with Crippen LogP contribution in [0.25, 0.3) is 0 Å². The lowest BCUT2D eigenvalue weighted by molar-refractivity contribution is -0.123. The molecule has 1 aromatic heterocycles. The van der Waals surface area contributed by atoms with E-state index in [1.807, 2.05) is 13.8 Å². The quantitative estimate of drug-likeness (QED) is 0.810. The predicted octanol–water partition coefficient (Wildman–Crippen LogP) is 2.15. The van der Waals surface area contributed by atoms with E-state index in [1.54, 1.807) is 17.1 Å². The molecule has 5 heteroatoms. The molecule has 1 N–H and O–H groups in total. The number of nitrogens with zero attached hydrogens (tertiary/aromatic N) is 2. The number of carbonyl (C=O) groups excluding carboxylic acids is 1. The molecule has 0 aliphatic carbocycles. The van der Waals surface area contributed by atoms with Gasteiger partial charge in [-0.2, -0.15) is 5.10 Å². The van der Waals surface area contributed by atoms with Crippen molar-refractivity contribution < 1.29 is 9.53 Å². The van der Waals surface area contributed by atoms with Crippen molar-refractivity contribution in [1.82, 2.24) is 15.1 Å². The van der Waals surface area contributed by atoms with E-state index in [-0.39, 0.29) is 18.6 Å². The van der Waals surface area contributed by atoms with Crippen LogP contribution >= 0.6 is 0 Å². The summed E-state index contributed by atoms with van der Waals surface area (Å²) in [5.41, 5.74) is 0. The number of hydrogen-bond donors (Lipinski definition) is 1. The summed E-state index contributed by atoms with van der Waals surface area (Å²) in [6, 6.07) is 0.528. The number of ether oxygens (including phenoxy) is 1. The average Bonchev–Trinajstić information content (AvgIpc) is 2.82. The van der Waals surface area contributed by atoms with Gasteiger partial charge in [0.1, 0.15) is 0 Å². The summed E-state index contributed by atoms with van der Waals surface area (Å²) in [6.45, 7) is 8.23. The third kappa shape index (κ3) is 4.39. The molecule has 0 radical (unpaired) electrons. The zero-order valence-corrected chi connectivity index (χ0v) is 11.6. The van der Waals surface area contributed by atoms with Crippen molar-refractivity contribution >= 4 is 5.91 Å². The standard InChI is InChI=1S/C13H23N3O2/c1-5-11(6-2)15-13(17)9-18-12-7-14-16(8-12)10(3)4/h7-8,10-11H,5-6,9H2,1-4H3,(H,15,17). The number of aromatic nitrogens is 2. The Morgan fingerprint density at radius 3 is 2.61 bits per heavy atom. The van der Waals surface area contributed by atoms with Gasteiger partial charge in [-0.05, 0) is 26.7 Å². The molecule has 0 fully saturated rings. The number of nitrogens with one attached hydrogen (secondary N) is 1. The Morgan fingerprint density at radius 2 is 2.11 bits per heavy atom. The van der Waals surface area contributed by atoms with Crippen molar-refractivity contribution in [3.05, 3.63) is 12.4 Å². The van der Waals surface area contributed by atoms with Crippen molar-refractivity contribution in [3.8, 4) is 5.75 Å². The summed E-state index contributed by atoms with van der Waals surface area (Å²) >= 11 is 0. The van der Waals surface area contributed by atoms with Gasteiger partial charge >= 0.3 is 0 Å². The van der Waals surface area contributed by atoms with Crippen LogP contribution in [0.2, 0.25) is 0 Å². The second-order valence-electron chi connectivity index (χ2n) is 4.62. The monoisotopic (exact) mass is 253 g/mol. The summed E-state index contributed by atoms with van der Waals surface area (Å²) in [5, 5.41) is 7.07. The van der Waals surface area contributed by atoms with E-state index in [0.717, 1.165) is 12.8 Å². The van der Waals surface area contributed by atoms with E-state index in [9.17, 15) is 4.79 Å². The van der Waals surface area contributed by atoms with Gasteiger partial charge in [0.15, 0.2) is 12.4 Å². The first-order valence-electron chi connectivity index (χ1n) is 6.53. The molecule has 0 atom stereocenters. The zero-order chi connectivity index (χ0) is 13.5. The van der Waals surface area contributed by atoms with Gasteiger partial charge in [0, 0.05) is 12.1 Å². The largest absolute Gasteiger partial charge is 0.480 e. The van der Waals surface area contributed by atoms with E-state index in [2.05, 4.69) is 24.3 Å². The molecule has 1 aromatic rings. The van der Waals surface area contributed by atoms with Crippen molar-refractivity contribution in [2.45, 2.75) is 52.6 Å². The number of rotatable bonds is 7. The van der Waals surface area contributed by atoms with Crippen LogP contribution in [0.3, 0.4) is 0 Å². The predicted molar refractivity (Wildman–Crippen MR) is 70.6 cm³/mol. The van der Waals surface area contributed by atoms with E-state index >= 15 is 0 Å². The Morgan fingerprint density at radius 1 is 1.44 bits per heavy atom. The molecule has 0 saturated heterocycles. The second-order valence-corrected chi connectivity index (χ2v) is 4.62. The van der Waals surface area contributed by atoms with Gasteiger partial charge in [0.25, 0.3) is 5.91 Å². The molecule has 0 saturated carbocycles. The minimum absolute atomic E-state index is 0.0420. The smallest absolute Gasteiger partial charge is 0.258 e. The van der Waals surface area contributed by atoms with Crippen molar-refractivity contribution in [1.29, 1.82) is 0 Å². The van der Waals surface area contributed by atoms with Gasteiger partial charge in [0.2, 0.25) is 0 Å². The average molecular weight is 253 g/mol. The maximum Gasteiger partial charge on any atom is 0.258 e. The summed E-state index contributed by atoms with van der Waals surface area (Å²) in [5.74, 6) is 0.546. The highest BCUT2D eigenvalue weighted by atomic mass is 16.5. The second kappa shape index (κ2) is 7.03. The first-order valence-corrected chi connectivity index (χ1v) is 6.53. The lowest BCUT2D eigenvalue weighted by Gasteiger charge is -2.14. The molecule has 0 aliphatic heterocycles. The van der Waals surface area contributed by atoms with Crippen LogP contribution in [0, 0.1) is 0 Å². The Kier molecular flexibility index (Phi) is 5.68. The molecule has 1 heterocycles. The molecule has 5 nitrogen and oxygen atoms in total. The van der Waals surface area contributed by atoms with Crippen molar-refractivity contribution in [3.63, 3.8) is 0 Å². The maximum atomic E-state index is 11.6. The molecular weight excluding hydrogens is 230 g/mol. The fraction of sp³-hybridized carbons (Fsp3) is 0.692. The normalized spacial score (nSPS) is 11.0. The highest BCUT2D eigenvalue weighted by Gasteiger charge is 2.09. The van der Waals surface area contributed by atoms with Crippen LogP contribution in [0.4, 0.5) is 0 Å². The van der Waals surface area contributed by atoms with Crippen molar-refractivity contribution in [2.75, 3.05) is 6.61 Å². The maximum absolute atomic E-state index is 11.6. The lowest BCUT2D eigenvalue weighted by Crippen LogP contribution is -2.37. The third-order valence-electron chi connectivity index (χ3n) is 2.83. The number of hydrogen-bond acceptors (Lipinski definition) is 3. The third-order valence-corrected chi connectivity index (χ3v) is 2.83. The molecule has 0 spiro atoms. The van der Waals surface area contributed by atoms with Crippen molar-refractivity contribution in [2.24, 2.45) is 0 Å². The molecule has 1 amide bonds. The van der Waals surface area contributed by atoms with Gasteiger partial charge in [-0.1, -0.05) is 13.8 Å². The topological polar surface area (TPSA) is 56.1 Å². The van der Waals surface area contributed by atoms with Crippen LogP contribution < -0.4 is 10.1 Å². The van der Waals surface area contributed by atoms with Crippen LogP contribution in [0.15, 0.2) is 12.4 Å². The van der Waals surface area contributed by atoms with Crippen LogP contribution in [-0.2, 0) is 4.79 Å². The highest BCUT2D eigenvalue weighted by Crippen LogP contribution is 2.12. The van der Waals surface area contributed by atoms with Crippen LogP contribution in [0.5, 0.6) is 5.75 Å². The summed E-state index contributed by atoms with van der Waals surface area (Å²) < 4.78 is 7.19. The Bertz CT molecular complexity index is 370. The number of amides is 1. The summed E-state index contributed by atoms with van der Waals surface area (Å²) in [7, 11) is 0. The molecule has 1 rings (SSSR count). The summed E-state index contributed by atoms with van der Waals surface area (Å²) in [6.07, 6.45) is 5.31. The van der Waals surface area contributed by atoms with Gasteiger partial charge < -0.3 is 10.1 Å².